The Balaban J connectivity index is 2.24. The smallest absolute Gasteiger partial charge is 0.178 e. The number of nitrogens with two attached hydrogens (primary N) is 1. The van der Waals surface area contributed by atoms with E-state index < -0.39 is 5.60 Å². The van der Waals surface area contributed by atoms with Crippen molar-refractivity contribution < 1.29 is 9.84 Å². The van der Waals surface area contributed by atoms with Crippen molar-refractivity contribution in [3.63, 3.8) is 0 Å². The molecule has 0 radical (unpaired) electrons. The minimum absolute atomic E-state index is 0.0769. The fraction of sp³-hybridized carbons (Fsp3) is 0.188. The van der Waals surface area contributed by atoms with Crippen molar-refractivity contribution in [1.29, 1.82) is 0 Å². The highest BCUT2D eigenvalue weighted by atomic mass is 35.5. The molecule has 0 saturated heterocycles. The van der Waals surface area contributed by atoms with E-state index in [0.29, 0.717) is 39.2 Å². The first-order valence-corrected chi connectivity index (χ1v) is 7.52. The maximum Gasteiger partial charge on any atom is 0.178 e. The third kappa shape index (κ3) is 2.24. The van der Waals surface area contributed by atoms with E-state index in [-0.39, 0.29) is 5.84 Å². The number of nitrogens with zero attached hydrogens (tertiary/aromatic N) is 1. The van der Waals surface area contributed by atoms with Crippen LogP contribution in [0.25, 0.3) is 0 Å². The van der Waals surface area contributed by atoms with Gasteiger partial charge in [0.15, 0.2) is 5.60 Å². The zero-order valence-corrected chi connectivity index (χ0v) is 13.3. The quantitative estimate of drug-likeness (QED) is 0.899. The maximum atomic E-state index is 11.3. The Kier molecular flexibility index (Phi) is 3.77. The first kappa shape index (κ1) is 15.2. The molecule has 0 spiro atoms. The van der Waals surface area contributed by atoms with Crippen LogP contribution < -0.4 is 10.5 Å². The van der Waals surface area contributed by atoms with Gasteiger partial charge < -0.3 is 15.6 Å². The Morgan fingerprint density at radius 1 is 1.14 bits per heavy atom. The molecule has 6 heteroatoms. The highest BCUT2D eigenvalue weighted by Gasteiger charge is 2.44. The molecule has 0 saturated carbocycles. The molecule has 3 N–H and O–H groups in total. The van der Waals surface area contributed by atoms with Crippen molar-refractivity contribution in [3.05, 3.63) is 57.6 Å². The van der Waals surface area contributed by atoms with Crippen molar-refractivity contribution in [1.82, 2.24) is 0 Å². The Labute approximate surface area is 138 Å². The van der Waals surface area contributed by atoms with Crippen LogP contribution in [0.2, 0.25) is 10.0 Å². The van der Waals surface area contributed by atoms with E-state index in [1.165, 1.54) is 0 Å². The van der Waals surface area contributed by atoms with Gasteiger partial charge >= 0.3 is 0 Å². The van der Waals surface area contributed by atoms with Crippen LogP contribution in [0, 0.1) is 0 Å². The summed E-state index contributed by atoms with van der Waals surface area (Å²) in [6.45, 7) is 2.29. The lowest BCUT2D eigenvalue weighted by molar-refractivity contribution is 0.153. The van der Waals surface area contributed by atoms with Gasteiger partial charge in [-0.2, -0.15) is 0 Å². The van der Waals surface area contributed by atoms with Crippen LogP contribution in [-0.4, -0.2) is 17.5 Å². The number of hydrogen-bond acceptors (Lipinski definition) is 4. The first-order valence-electron chi connectivity index (χ1n) is 6.76. The molecular formula is C16H14Cl2N2O2. The van der Waals surface area contributed by atoms with Gasteiger partial charge in [-0.15, -0.1) is 0 Å². The number of benzene rings is 2. The van der Waals surface area contributed by atoms with Crippen LogP contribution >= 0.6 is 23.2 Å². The Bertz CT molecular complexity index is 777. The zero-order chi connectivity index (χ0) is 15.9. The molecule has 22 heavy (non-hydrogen) atoms. The van der Waals surface area contributed by atoms with E-state index in [1.54, 1.807) is 36.4 Å². The van der Waals surface area contributed by atoms with Crippen molar-refractivity contribution in [2.24, 2.45) is 10.7 Å². The van der Waals surface area contributed by atoms with Gasteiger partial charge in [-0.05, 0) is 37.3 Å². The Hall–Kier alpha value is -1.75. The first-order chi connectivity index (χ1) is 10.5. The Morgan fingerprint density at radius 3 is 2.55 bits per heavy atom. The van der Waals surface area contributed by atoms with E-state index >= 15 is 0 Å². The molecule has 1 unspecified atom stereocenters. The van der Waals surface area contributed by atoms with Crippen molar-refractivity contribution in [2.45, 2.75) is 12.5 Å². The van der Waals surface area contributed by atoms with E-state index in [4.69, 9.17) is 33.7 Å². The standard InChI is InChI=1S/C16H14Cl2N2O2/c1-2-22-14-8-10(18)3-5-11(14)16(21)12-7-9(17)4-6-13(12)20-15(16)19/h3-8,21H,2H2,1H3,(H2,19,20). The van der Waals surface area contributed by atoms with Gasteiger partial charge in [0.1, 0.15) is 11.6 Å². The van der Waals surface area contributed by atoms with E-state index in [1.807, 2.05) is 6.92 Å². The monoisotopic (exact) mass is 336 g/mol. The second-order valence-corrected chi connectivity index (χ2v) is 5.82. The second kappa shape index (κ2) is 5.47. The molecule has 1 atom stereocenters. The number of aliphatic hydroxyl groups is 1. The number of halogens is 2. The molecule has 4 nitrogen and oxygen atoms in total. The lowest BCUT2D eigenvalue weighted by Gasteiger charge is -2.27. The van der Waals surface area contributed by atoms with Crippen LogP contribution in [0.4, 0.5) is 5.69 Å². The SMILES string of the molecule is CCOc1cc(Cl)ccc1C1(O)C(N)=Nc2ccc(Cl)cc21. The van der Waals surface area contributed by atoms with Crippen molar-refractivity contribution in [3.8, 4) is 5.75 Å². The number of rotatable bonds is 3. The maximum absolute atomic E-state index is 11.3. The molecule has 0 bridgehead atoms. The third-order valence-corrected chi connectivity index (χ3v) is 4.06. The molecule has 2 aromatic carbocycles. The fourth-order valence-corrected chi connectivity index (χ4v) is 2.93. The predicted octanol–water partition coefficient (Wildman–Crippen LogP) is 3.63. The summed E-state index contributed by atoms with van der Waals surface area (Å²) in [5, 5.41) is 12.3. The van der Waals surface area contributed by atoms with Gasteiger partial charge in [0, 0.05) is 21.2 Å². The van der Waals surface area contributed by atoms with Gasteiger partial charge in [-0.1, -0.05) is 29.3 Å². The van der Waals surface area contributed by atoms with Crippen LogP contribution in [0.1, 0.15) is 18.1 Å². The number of amidine groups is 1. The number of fused-ring (bicyclic) bond motifs is 1. The topological polar surface area (TPSA) is 67.8 Å². The molecule has 0 aromatic heterocycles. The second-order valence-electron chi connectivity index (χ2n) is 4.94. The lowest BCUT2D eigenvalue weighted by atomic mass is 9.86. The van der Waals surface area contributed by atoms with Gasteiger partial charge in [-0.25, -0.2) is 4.99 Å². The molecule has 1 heterocycles. The number of ether oxygens (including phenoxy) is 1. The molecule has 0 aliphatic carbocycles. The van der Waals surface area contributed by atoms with E-state index in [2.05, 4.69) is 4.99 Å². The summed E-state index contributed by atoms with van der Waals surface area (Å²) in [4.78, 5) is 4.24. The van der Waals surface area contributed by atoms with Crippen molar-refractivity contribution in [2.75, 3.05) is 6.61 Å². The predicted molar refractivity (Wildman–Crippen MR) is 88.4 cm³/mol. The summed E-state index contributed by atoms with van der Waals surface area (Å²) in [5.41, 5.74) is 6.03. The summed E-state index contributed by atoms with van der Waals surface area (Å²) in [6.07, 6.45) is 0. The molecule has 0 amide bonds. The fourth-order valence-electron chi connectivity index (χ4n) is 2.60. The molecular weight excluding hydrogens is 323 g/mol. The van der Waals surface area contributed by atoms with E-state index in [0.717, 1.165) is 0 Å². The molecule has 1 aliphatic heterocycles. The summed E-state index contributed by atoms with van der Waals surface area (Å²) >= 11 is 12.1. The largest absolute Gasteiger partial charge is 0.493 e. The van der Waals surface area contributed by atoms with Crippen LogP contribution in [-0.2, 0) is 5.60 Å². The van der Waals surface area contributed by atoms with Crippen LogP contribution in [0.5, 0.6) is 5.75 Å². The number of aliphatic imine (C=N–C) groups is 1. The van der Waals surface area contributed by atoms with Crippen LogP contribution in [0.15, 0.2) is 41.4 Å². The Morgan fingerprint density at radius 2 is 1.82 bits per heavy atom. The molecule has 114 valence electrons. The van der Waals surface area contributed by atoms with Gasteiger partial charge in [0.05, 0.1) is 12.3 Å². The third-order valence-electron chi connectivity index (χ3n) is 3.59. The van der Waals surface area contributed by atoms with Gasteiger partial charge in [-0.3, -0.25) is 0 Å². The summed E-state index contributed by atoms with van der Waals surface area (Å²) in [5.74, 6) is 0.538. The van der Waals surface area contributed by atoms with Gasteiger partial charge in [0.2, 0.25) is 0 Å². The molecule has 1 aliphatic rings. The molecule has 0 fully saturated rings. The highest BCUT2D eigenvalue weighted by molar-refractivity contribution is 6.31. The van der Waals surface area contributed by atoms with E-state index in [9.17, 15) is 5.11 Å². The van der Waals surface area contributed by atoms with Crippen molar-refractivity contribution >= 4 is 34.7 Å². The van der Waals surface area contributed by atoms with Gasteiger partial charge in [0.25, 0.3) is 0 Å². The molecule has 3 rings (SSSR count). The normalized spacial score (nSPS) is 19.7. The molecule has 2 aromatic rings. The minimum Gasteiger partial charge on any atom is -0.493 e. The summed E-state index contributed by atoms with van der Waals surface area (Å²) in [7, 11) is 0. The lowest BCUT2D eigenvalue weighted by Crippen LogP contribution is -2.40. The summed E-state index contributed by atoms with van der Waals surface area (Å²) < 4.78 is 5.60. The minimum atomic E-state index is -1.59. The summed E-state index contributed by atoms with van der Waals surface area (Å²) in [6, 6.07) is 10.1. The highest BCUT2D eigenvalue weighted by Crippen LogP contribution is 2.46. The zero-order valence-electron chi connectivity index (χ0n) is 11.8. The average Bonchev–Trinajstić information content (AvgIpc) is 2.72. The van der Waals surface area contributed by atoms with Crippen LogP contribution in [0.3, 0.4) is 0 Å². The average molecular weight is 337 g/mol. The number of hydrogen-bond donors (Lipinski definition) is 2.